The Balaban J connectivity index is 1.48. The van der Waals surface area contributed by atoms with Gasteiger partial charge in [-0.15, -0.1) is 0 Å². The number of anilines is 1. The molecule has 4 rings (SSSR count). The summed E-state index contributed by atoms with van der Waals surface area (Å²) < 4.78 is 0. The van der Waals surface area contributed by atoms with E-state index in [4.69, 9.17) is 0 Å². The predicted octanol–water partition coefficient (Wildman–Crippen LogP) is 3.18. The molecule has 154 valence electrons. The fraction of sp³-hybridized carbons (Fsp3) is 0.261. The molecule has 0 aliphatic carbocycles. The molecule has 0 bridgehead atoms. The van der Waals surface area contributed by atoms with Crippen LogP contribution in [0.1, 0.15) is 29.7 Å². The molecule has 1 aliphatic heterocycles. The number of nitrogens with zero attached hydrogens (tertiary/aromatic N) is 3. The Morgan fingerprint density at radius 2 is 2.10 bits per heavy atom. The number of H-pyrrole nitrogens is 1. The molecule has 0 saturated carbocycles. The summed E-state index contributed by atoms with van der Waals surface area (Å²) in [6.45, 7) is 2.97. The van der Waals surface area contributed by atoms with Crippen molar-refractivity contribution >= 4 is 34.6 Å². The van der Waals surface area contributed by atoms with E-state index in [-0.39, 0.29) is 17.9 Å². The molecule has 0 radical (unpaired) electrons. The number of aromatic nitrogens is 2. The zero-order valence-electron chi connectivity index (χ0n) is 17.3. The smallest absolute Gasteiger partial charge is 0.246 e. The van der Waals surface area contributed by atoms with Crippen LogP contribution in [0, 0.1) is 0 Å². The van der Waals surface area contributed by atoms with Crippen LogP contribution < -0.4 is 5.32 Å². The predicted molar refractivity (Wildman–Crippen MR) is 118 cm³/mol. The van der Waals surface area contributed by atoms with Gasteiger partial charge in [-0.05, 0) is 60.8 Å². The third-order valence-electron chi connectivity index (χ3n) is 5.51. The number of rotatable bonds is 4. The van der Waals surface area contributed by atoms with Crippen molar-refractivity contribution in [3.05, 3.63) is 65.5 Å². The van der Waals surface area contributed by atoms with Crippen LogP contribution in [0.15, 0.2) is 48.8 Å². The van der Waals surface area contributed by atoms with Crippen LogP contribution in [-0.2, 0) is 16.1 Å². The number of fused-ring (bicyclic) bond motifs is 2. The van der Waals surface area contributed by atoms with Crippen LogP contribution in [0.5, 0.6) is 0 Å². The number of benzene rings is 1. The van der Waals surface area contributed by atoms with Crippen molar-refractivity contribution in [1.29, 1.82) is 0 Å². The van der Waals surface area contributed by atoms with Crippen LogP contribution >= 0.6 is 0 Å². The van der Waals surface area contributed by atoms with Gasteiger partial charge in [0.05, 0.1) is 12.6 Å². The Kier molecular flexibility index (Phi) is 5.37. The first-order valence-electron chi connectivity index (χ1n) is 9.90. The Hall–Kier alpha value is -3.45. The highest BCUT2D eigenvalue weighted by atomic mass is 16.2. The number of nitrogens with one attached hydrogen (secondary N) is 2. The van der Waals surface area contributed by atoms with E-state index in [1.807, 2.05) is 49.3 Å². The number of hydrogen-bond donors (Lipinski definition) is 2. The first kappa shape index (κ1) is 19.8. The Morgan fingerprint density at radius 1 is 1.27 bits per heavy atom. The molecule has 1 aromatic carbocycles. The standard InChI is InChI=1S/C23H25N5O2/c1-15(17-5-6-20-18(11-17)8-9-24-20)28(3)22(30)7-4-16-10-19-13-27(2)14-21(29)26-23(19)25-12-16/h4-12,15,24H,13-14H2,1-3H3,(H,25,26,29). The van der Waals surface area contributed by atoms with Crippen molar-refractivity contribution in [3.8, 4) is 0 Å². The van der Waals surface area contributed by atoms with Crippen LogP contribution in [0.2, 0.25) is 0 Å². The summed E-state index contributed by atoms with van der Waals surface area (Å²) in [6, 6.07) is 10.1. The number of likely N-dealkylation sites (N-methyl/N-ethyl adjacent to an activating group) is 2. The maximum absolute atomic E-state index is 12.7. The summed E-state index contributed by atoms with van der Waals surface area (Å²) in [5, 5.41) is 3.94. The molecule has 7 heteroatoms. The van der Waals surface area contributed by atoms with Gasteiger partial charge in [-0.1, -0.05) is 6.07 Å². The monoisotopic (exact) mass is 403 g/mol. The van der Waals surface area contributed by atoms with E-state index in [9.17, 15) is 9.59 Å². The van der Waals surface area contributed by atoms with Crippen molar-refractivity contribution in [2.75, 3.05) is 26.0 Å². The molecule has 3 aromatic rings. The highest BCUT2D eigenvalue weighted by Crippen LogP contribution is 2.24. The SMILES string of the molecule is CC(c1ccc2[nH]ccc2c1)N(C)C(=O)C=Cc1cnc2c(c1)CN(C)CC(=O)N2. The van der Waals surface area contributed by atoms with Gasteiger partial charge in [0, 0.05) is 43.1 Å². The van der Waals surface area contributed by atoms with Crippen molar-refractivity contribution in [3.63, 3.8) is 0 Å². The Bertz CT molecular complexity index is 1130. The van der Waals surface area contributed by atoms with E-state index >= 15 is 0 Å². The summed E-state index contributed by atoms with van der Waals surface area (Å²) in [7, 11) is 3.69. The van der Waals surface area contributed by atoms with Gasteiger partial charge in [-0.2, -0.15) is 0 Å². The maximum atomic E-state index is 12.7. The number of hydrogen-bond acceptors (Lipinski definition) is 4. The normalized spacial score (nSPS) is 15.6. The second-order valence-corrected chi connectivity index (χ2v) is 7.78. The molecule has 2 N–H and O–H groups in total. The zero-order valence-corrected chi connectivity index (χ0v) is 17.3. The topological polar surface area (TPSA) is 81.3 Å². The van der Waals surface area contributed by atoms with Gasteiger partial charge < -0.3 is 15.2 Å². The average Bonchev–Trinajstić information content (AvgIpc) is 3.14. The van der Waals surface area contributed by atoms with Crippen molar-refractivity contribution < 1.29 is 9.59 Å². The van der Waals surface area contributed by atoms with Gasteiger partial charge >= 0.3 is 0 Å². The molecule has 7 nitrogen and oxygen atoms in total. The van der Waals surface area contributed by atoms with E-state index in [0.717, 1.165) is 27.6 Å². The highest BCUT2D eigenvalue weighted by Gasteiger charge is 2.18. The molecular weight excluding hydrogens is 378 g/mol. The van der Waals surface area contributed by atoms with Crippen LogP contribution in [0.4, 0.5) is 5.82 Å². The van der Waals surface area contributed by atoms with Crippen LogP contribution in [0.3, 0.4) is 0 Å². The van der Waals surface area contributed by atoms with E-state index in [0.29, 0.717) is 18.9 Å². The van der Waals surface area contributed by atoms with Gasteiger partial charge in [0.25, 0.3) is 0 Å². The molecule has 30 heavy (non-hydrogen) atoms. The summed E-state index contributed by atoms with van der Waals surface area (Å²) in [4.78, 5) is 35.7. The molecular formula is C23H25N5O2. The number of pyridine rings is 1. The summed E-state index contributed by atoms with van der Waals surface area (Å²) >= 11 is 0. The van der Waals surface area contributed by atoms with Gasteiger partial charge in [0.2, 0.25) is 11.8 Å². The van der Waals surface area contributed by atoms with Crippen molar-refractivity contribution in [1.82, 2.24) is 19.8 Å². The third kappa shape index (κ3) is 4.11. The minimum Gasteiger partial charge on any atom is -0.361 e. The second-order valence-electron chi connectivity index (χ2n) is 7.78. The molecule has 3 heterocycles. The lowest BCUT2D eigenvalue weighted by atomic mass is 10.1. The highest BCUT2D eigenvalue weighted by molar-refractivity contribution is 5.93. The maximum Gasteiger partial charge on any atom is 0.246 e. The van der Waals surface area contributed by atoms with E-state index in [1.165, 1.54) is 0 Å². The lowest BCUT2D eigenvalue weighted by Crippen LogP contribution is -2.27. The fourth-order valence-corrected chi connectivity index (χ4v) is 3.65. The van der Waals surface area contributed by atoms with Gasteiger partial charge in [-0.25, -0.2) is 4.98 Å². The molecule has 2 aromatic heterocycles. The van der Waals surface area contributed by atoms with Crippen molar-refractivity contribution in [2.24, 2.45) is 0 Å². The van der Waals surface area contributed by atoms with E-state index in [2.05, 4.69) is 21.4 Å². The van der Waals surface area contributed by atoms with Crippen LogP contribution in [0.25, 0.3) is 17.0 Å². The minimum absolute atomic E-state index is 0.0597. The van der Waals surface area contributed by atoms with E-state index < -0.39 is 0 Å². The summed E-state index contributed by atoms with van der Waals surface area (Å²) in [5.41, 5.74) is 3.91. The molecule has 0 saturated heterocycles. The molecule has 1 unspecified atom stereocenters. The molecule has 1 aliphatic rings. The Morgan fingerprint density at radius 3 is 2.93 bits per heavy atom. The largest absolute Gasteiger partial charge is 0.361 e. The Labute approximate surface area is 175 Å². The number of aromatic amines is 1. The number of carbonyl (C=O) groups is 2. The molecule has 2 amide bonds. The van der Waals surface area contributed by atoms with Crippen molar-refractivity contribution in [2.45, 2.75) is 19.5 Å². The molecule has 0 fully saturated rings. The molecule has 0 spiro atoms. The average molecular weight is 403 g/mol. The van der Waals surface area contributed by atoms with Gasteiger partial charge in [0.1, 0.15) is 5.82 Å². The van der Waals surface area contributed by atoms with Crippen LogP contribution in [-0.4, -0.2) is 52.2 Å². The summed E-state index contributed by atoms with van der Waals surface area (Å²) in [6.07, 6.45) is 6.90. The summed E-state index contributed by atoms with van der Waals surface area (Å²) in [5.74, 6) is 0.423. The quantitative estimate of drug-likeness (QED) is 0.656. The lowest BCUT2D eigenvalue weighted by molar-refractivity contribution is -0.126. The lowest BCUT2D eigenvalue weighted by Gasteiger charge is -2.24. The minimum atomic E-state index is -0.0861. The second kappa shape index (κ2) is 8.12. The first-order valence-corrected chi connectivity index (χ1v) is 9.90. The van der Waals surface area contributed by atoms with Gasteiger partial charge in [0.15, 0.2) is 0 Å². The van der Waals surface area contributed by atoms with Gasteiger partial charge in [-0.3, -0.25) is 14.5 Å². The molecule has 1 atom stereocenters. The third-order valence-corrected chi connectivity index (χ3v) is 5.51. The number of amides is 2. The first-order chi connectivity index (χ1) is 14.4. The fourth-order valence-electron chi connectivity index (χ4n) is 3.65. The zero-order chi connectivity index (χ0) is 21.3. The van der Waals surface area contributed by atoms with E-state index in [1.54, 1.807) is 30.3 Å². The number of carbonyl (C=O) groups excluding carboxylic acids is 2.